The van der Waals surface area contributed by atoms with Crippen molar-refractivity contribution in [3.05, 3.63) is 36.5 Å². The number of hydrogen-bond donors (Lipinski definition) is 0. The fourth-order valence-corrected chi connectivity index (χ4v) is 5.41. The van der Waals surface area contributed by atoms with Gasteiger partial charge in [0.2, 0.25) is 0 Å². The van der Waals surface area contributed by atoms with Crippen LogP contribution in [0.25, 0.3) is 0 Å². The quantitative estimate of drug-likeness (QED) is 0.0288. The van der Waals surface area contributed by atoms with E-state index < -0.39 is 18.1 Å². The first-order valence-corrected chi connectivity index (χ1v) is 19.5. The van der Waals surface area contributed by atoms with Gasteiger partial charge in [0.1, 0.15) is 12.6 Å². The number of allylic oxidation sites excluding steroid dienone is 6. The summed E-state index contributed by atoms with van der Waals surface area (Å²) >= 11 is 0. The lowest BCUT2D eigenvalue weighted by Gasteiger charge is -2.34. The predicted octanol–water partition coefficient (Wildman–Crippen LogP) is 8.57. The van der Waals surface area contributed by atoms with Gasteiger partial charge in [-0.3, -0.25) is 9.59 Å². The highest BCUT2D eigenvalue weighted by molar-refractivity contribution is 5.70. The summed E-state index contributed by atoms with van der Waals surface area (Å²) in [5, 5.41) is 11.6. The molecule has 0 aliphatic rings. The van der Waals surface area contributed by atoms with Gasteiger partial charge >= 0.3 is 11.9 Å². The fraction of sp³-hybridized carbons (Fsp3) is 0.780. The smallest absolute Gasteiger partial charge is 0.306 e. The lowest BCUT2D eigenvalue weighted by molar-refractivity contribution is -0.889. The lowest BCUT2D eigenvalue weighted by Crippen LogP contribution is -2.55. The molecule has 0 saturated carbocycles. The fourth-order valence-electron chi connectivity index (χ4n) is 5.41. The molecule has 0 saturated heterocycles. The van der Waals surface area contributed by atoms with Crippen LogP contribution in [0.1, 0.15) is 155 Å². The van der Waals surface area contributed by atoms with Crippen molar-refractivity contribution in [2.75, 3.05) is 41.0 Å². The molecule has 2 unspecified atom stereocenters. The van der Waals surface area contributed by atoms with E-state index in [1.807, 2.05) is 6.08 Å². The third-order valence-corrected chi connectivity index (χ3v) is 8.51. The van der Waals surface area contributed by atoms with Gasteiger partial charge in [-0.1, -0.05) is 115 Å². The minimum Gasteiger partial charge on any atom is -0.544 e. The largest absolute Gasteiger partial charge is 0.544 e. The van der Waals surface area contributed by atoms with Crippen LogP contribution in [0.2, 0.25) is 0 Å². The van der Waals surface area contributed by atoms with Crippen molar-refractivity contribution in [3.8, 4) is 0 Å². The molecular formula is C41H73NO7. The molecule has 2 atom stereocenters. The Balaban J connectivity index is 4.51. The number of quaternary nitrogens is 1. The van der Waals surface area contributed by atoms with Gasteiger partial charge in [-0.05, 0) is 57.8 Å². The van der Waals surface area contributed by atoms with E-state index >= 15 is 0 Å². The summed E-state index contributed by atoms with van der Waals surface area (Å²) in [4.78, 5) is 36.6. The van der Waals surface area contributed by atoms with E-state index in [2.05, 4.69) is 44.2 Å². The Morgan fingerprint density at radius 3 is 1.71 bits per heavy atom. The molecule has 0 aliphatic heterocycles. The third-order valence-electron chi connectivity index (χ3n) is 8.51. The highest BCUT2D eigenvalue weighted by Crippen LogP contribution is 2.12. The van der Waals surface area contributed by atoms with Crippen LogP contribution < -0.4 is 5.11 Å². The van der Waals surface area contributed by atoms with E-state index in [1.54, 1.807) is 21.1 Å². The molecule has 0 aromatic carbocycles. The van der Waals surface area contributed by atoms with Crippen molar-refractivity contribution in [1.29, 1.82) is 0 Å². The van der Waals surface area contributed by atoms with Crippen LogP contribution in [0, 0.1) is 0 Å². The molecule has 0 spiro atoms. The first kappa shape index (κ1) is 46.5. The summed E-state index contributed by atoms with van der Waals surface area (Å²) in [6, 6.07) is -0.732. The van der Waals surface area contributed by atoms with Gasteiger partial charge in [0.25, 0.3) is 0 Å². The Labute approximate surface area is 300 Å². The van der Waals surface area contributed by atoms with Gasteiger partial charge in [-0.15, -0.1) is 0 Å². The van der Waals surface area contributed by atoms with Gasteiger partial charge in [0.15, 0.2) is 6.10 Å². The highest BCUT2D eigenvalue weighted by Gasteiger charge is 2.25. The average Bonchev–Trinajstić information content (AvgIpc) is 3.05. The number of rotatable bonds is 34. The van der Waals surface area contributed by atoms with Gasteiger partial charge in [0.05, 0.1) is 40.3 Å². The molecule has 0 bridgehead atoms. The second-order valence-electron chi connectivity index (χ2n) is 14.2. The Morgan fingerprint density at radius 1 is 0.612 bits per heavy atom. The SMILES string of the molecule is CCCCC/C=C/CCCCCCCC(=O)OC(COCCC(C(=O)[O-])[N+](C)(C)C)COC(=O)CC/C=C/C/C=C/CCCCCCCC. The molecule has 0 fully saturated rings. The van der Waals surface area contributed by atoms with Crippen molar-refractivity contribution < 1.29 is 38.2 Å². The molecule has 8 heteroatoms. The summed E-state index contributed by atoms with van der Waals surface area (Å²) < 4.78 is 17.0. The van der Waals surface area contributed by atoms with Crippen LogP contribution in [0.4, 0.5) is 0 Å². The average molecular weight is 692 g/mol. The Bertz CT molecular complexity index is 906. The number of carboxylic acid groups (broad SMARTS) is 1. The van der Waals surface area contributed by atoms with E-state index in [0.717, 1.165) is 44.9 Å². The molecule has 0 aromatic heterocycles. The number of aliphatic carboxylic acids is 1. The van der Waals surface area contributed by atoms with Crippen molar-refractivity contribution in [2.24, 2.45) is 0 Å². The summed E-state index contributed by atoms with van der Waals surface area (Å²) in [7, 11) is 5.38. The van der Waals surface area contributed by atoms with Crippen LogP contribution in [0.5, 0.6) is 0 Å². The van der Waals surface area contributed by atoms with Crippen LogP contribution in [-0.4, -0.2) is 75.5 Å². The Morgan fingerprint density at radius 2 is 1.12 bits per heavy atom. The number of carboxylic acids is 1. The second kappa shape index (κ2) is 32.7. The monoisotopic (exact) mass is 692 g/mol. The maximum absolute atomic E-state index is 12.6. The number of likely N-dealkylation sites (N-methyl/N-ethyl adjacent to an activating group) is 1. The summed E-state index contributed by atoms with van der Waals surface area (Å²) in [5.74, 6) is -1.83. The minimum absolute atomic E-state index is 0.0207. The molecule has 0 aliphatic carbocycles. The van der Waals surface area contributed by atoms with Crippen molar-refractivity contribution >= 4 is 17.9 Å². The summed E-state index contributed by atoms with van der Waals surface area (Å²) in [6.45, 7) is 4.54. The Hall–Kier alpha value is -2.45. The molecule has 0 rings (SSSR count). The number of hydrogen-bond acceptors (Lipinski definition) is 7. The lowest BCUT2D eigenvalue weighted by atomic mass is 10.1. The Kier molecular flexibility index (Phi) is 31.1. The van der Waals surface area contributed by atoms with Gasteiger partial charge in [-0.25, -0.2) is 0 Å². The van der Waals surface area contributed by atoms with Crippen LogP contribution in [0.3, 0.4) is 0 Å². The summed E-state index contributed by atoms with van der Waals surface area (Å²) in [5.41, 5.74) is 0. The minimum atomic E-state index is -1.13. The number of carbonyl (C=O) groups is 3. The topological polar surface area (TPSA) is 102 Å². The van der Waals surface area contributed by atoms with Crippen LogP contribution in [0.15, 0.2) is 36.5 Å². The number of esters is 2. The third kappa shape index (κ3) is 31.3. The molecule has 0 aromatic rings. The van der Waals surface area contributed by atoms with E-state index in [4.69, 9.17) is 14.2 Å². The van der Waals surface area contributed by atoms with Crippen LogP contribution in [-0.2, 0) is 28.6 Å². The molecule has 0 N–H and O–H groups in total. The van der Waals surface area contributed by atoms with Crippen molar-refractivity contribution in [2.45, 2.75) is 167 Å². The second-order valence-corrected chi connectivity index (χ2v) is 14.2. The maximum atomic E-state index is 12.6. The molecule has 0 amide bonds. The molecular weight excluding hydrogens is 618 g/mol. The van der Waals surface area contributed by atoms with Gasteiger partial charge < -0.3 is 28.6 Å². The van der Waals surface area contributed by atoms with Crippen molar-refractivity contribution in [3.63, 3.8) is 0 Å². The number of ether oxygens (including phenoxy) is 3. The first-order chi connectivity index (χ1) is 23.6. The molecule has 0 heterocycles. The predicted molar refractivity (Wildman–Crippen MR) is 199 cm³/mol. The van der Waals surface area contributed by atoms with Crippen LogP contribution >= 0.6 is 0 Å². The molecule has 49 heavy (non-hydrogen) atoms. The zero-order valence-corrected chi connectivity index (χ0v) is 32.1. The summed E-state index contributed by atoms with van der Waals surface area (Å²) in [6.07, 6.45) is 34.7. The van der Waals surface area contributed by atoms with Gasteiger partial charge in [0, 0.05) is 19.3 Å². The van der Waals surface area contributed by atoms with E-state index in [0.29, 0.717) is 12.8 Å². The molecule has 284 valence electrons. The number of carbonyl (C=O) groups excluding carboxylic acids is 3. The standard InChI is InChI=1S/C41H73NO7/c1-6-8-10-12-14-16-18-20-22-23-25-27-29-31-39(43)48-36-37(35-47-34-33-38(41(45)46)42(3,4)5)49-40(44)32-30-28-26-24-21-19-17-15-13-11-9-7-2/h15,17,20,22,25,27,37-38H,6-14,16,18-19,21,23-24,26,28-36H2,1-5H3/b17-15+,22-20+,27-25+. The van der Waals surface area contributed by atoms with E-state index in [1.165, 1.54) is 70.6 Å². The van der Waals surface area contributed by atoms with E-state index in [9.17, 15) is 19.5 Å². The normalized spacial score (nSPS) is 13.4. The van der Waals surface area contributed by atoms with Gasteiger partial charge in [-0.2, -0.15) is 0 Å². The number of nitrogens with zero attached hydrogens (tertiary/aromatic N) is 1. The number of unbranched alkanes of at least 4 members (excludes halogenated alkanes) is 14. The van der Waals surface area contributed by atoms with E-state index in [-0.39, 0.29) is 49.1 Å². The first-order valence-electron chi connectivity index (χ1n) is 19.5. The zero-order valence-electron chi connectivity index (χ0n) is 32.1. The molecule has 8 nitrogen and oxygen atoms in total. The highest BCUT2D eigenvalue weighted by atomic mass is 16.6. The van der Waals surface area contributed by atoms with Crippen molar-refractivity contribution in [1.82, 2.24) is 0 Å². The zero-order chi connectivity index (χ0) is 36.4. The maximum Gasteiger partial charge on any atom is 0.306 e. The molecule has 0 radical (unpaired) electrons.